The second kappa shape index (κ2) is 4.52. The first-order valence-electron chi connectivity index (χ1n) is 7.19. The van der Waals surface area contributed by atoms with E-state index >= 15 is 0 Å². The summed E-state index contributed by atoms with van der Waals surface area (Å²) in [4.78, 5) is 4.82. The maximum absolute atomic E-state index is 6.14. The molecule has 0 bridgehead atoms. The van der Waals surface area contributed by atoms with Crippen LogP contribution in [0.15, 0.2) is 42.5 Å². The van der Waals surface area contributed by atoms with Crippen LogP contribution in [0.3, 0.4) is 0 Å². The number of imidazole rings is 1. The summed E-state index contributed by atoms with van der Waals surface area (Å²) in [7, 11) is 1.68. The van der Waals surface area contributed by atoms with Gasteiger partial charge in [0.1, 0.15) is 11.6 Å². The van der Waals surface area contributed by atoms with Gasteiger partial charge in [0.25, 0.3) is 0 Å². The summed E-state index contributed by atoms with van der Waals surface area (Å²) < 4.78 is 7.62. The van der Waals surface area contributed by atoms with Gasteiger partial charge in [0, 0.05) is 23.4 Å². The molecule has 0 atom stereocenters. The van der Waals surface area contributed by atoms with Crippen molar-refractivity contribution in [1.82, 2.24) is 9.55 Å². The average molecular weight is 279 g/mol. The number of para-hydroxylation sites is 1. The number of methoxy groups -OCH3 is 1. The molecule has 21 heavy (non-hydrogen) atoms. The molecule has 1 aromatic heterocycles. The summed E-state index contributed by atoms with van der Waals surface area (Å²) in [5.41, 5.74) is 10.0. The molecule has 4 nitrogen and oxygen atoms in total. The zero-order chi connectivity index (χ0) is 14.4. The fraction of sp³-hybridized carbons (Fsp3) is 0.235. The Labute approximate surface area is 123 Å². The zero-order valence-electron chi connectivity index (χ0n) is 11.9. The second-order valence-electron chi connectivity index (χ2n) is 5.48. The number of hydrogen-bond donors (Lipinski definition) is 1. The van der Waals surface area contributed by atoms with Crippen molar-refractivity contribution in [3.63, 3.8) is 0 Å². The molecular formula is C17H17N3O. The van der Waals surface area contributed by atoms with Crippen molar-refractivity contribution in [1.29, 1.82) is 0 Å². The Morgan fingerprint density at radius 3 is 2.71 bits per heavy atom. The van der Waals surface area contributed by atoms with Crippen LogP contribution in [-0.4, -0.2) is 16.7 Å². The topological polar surface area (TPSA) is 53.1 Å². The smallest absolute Gasteiger partial charge is 0.143 e. The van der Waals surface area contributed by atoms with Gasteiger partial charge < -0.3 is 15.0 Å². The summed E-state index contributed by atoms with van der Waals surface area (Å²) in [5, 5.41) is 0. The Morgan fingerprint density at radius 1 is 1.19 bits per heavy atom. The van der Waals surface area contributed by atoms with Gasteiger partial charge in [-0.1, -0.05) is 12.1 Å². The first-order chi connectivity index (χ1) is 10.3. The number of aromatic nitrogens is 2. The number of nitrogen functional groups attached to an aromatic ring is 1. The molecule has 2 aromatic carbocycles. The van der Waals surface area contributed by atoms with Crippen LogP contribution in [0.1, 0.15) is 18.9 Å². The maximum atomic E-state index is 6.14. The molecule has 4 heteroatoms. The van der Waals surface area contributed by atoms with Gasteiger partial charge in [-0.15, -0.1) is 0 Å². The predicted octanol–water partition coefficient (Wildman–Crippen LogP) is 3.63. The highest BCUT2D eigenvalue weighted by atomic mass is 16.5. The lowest BCUT2D eigenvalue weighted by atomic mass is 10.1. The molecule has 1 heterocycles. The molecule has 2 N–H and O–H groups in total. The lowest BCUT2D eigenvalue weighted by Gasteiger charge is -2.09. The van der Waals surface area contributed by atoms with Gasteiger partial charge >= 0.3 is 0 Å². The molecule has 1 aliphatic rings. The highest BCUT2D eigenvalue weighted by Gasteiger charge is 2.29. The normalized spacial score (nSPS) is 14.5. The molecule has 1 aliphatic carbocycles. The van der Waals surface area contributed by atoms with Crippen molar-refractivity contribution < 1.29 is 4.74 Å². The van der Waals surface area contributed by atoms with E-state index in [-0.39, 0.29) is 0 Å². The fourth-order valence-corrected chi connectivity index (χ4v) is 2.80. The van der Waals surface area contributed by atoms with Crippen LogP contribution in [0.2, 0.25) is 0 Å². The molecule has 0 radical (unpaired) electrons. The first-order valence-corrected chi connectivity index (χ1v) is 7.19. The van der Waals surface area contributed by atoms with Crippen molar-refractivity contribution in [3.05, 3.63) is 42.5 Å². The van der Waals surface area contributed by atoms with Crippen LogP contribution in [0.5, 0.6) is 5.75 Å². The van der Waals surface area contributed by atoms with Crippen molar-refractivity contribution in [2.24, 2.45) is 0 Å². The molecule has 4 rings (SSSR count). The van der Waals surface area contributed by atoms with E-state index in [2.05, 4.69) is 10.6 Å². The van der Waals surface area contributed by atoms with Gasteiger partial charge in [0.15, 0.2) is 0 Å². The van der Waals surface area contributed by atoms with Crippen molar-refractivity contribution in [2.45, 2.75) is 18.9 Å². The van der Waals surface area contributed by atoms with E-state index in [1.165, 1.54) is 12.8 Å². The molecular weight excluding hydrogens is 262 g/mol. The molecule has 3 aromatic rings. The van der Waals surface area contributed by atoms with Crippen LogP contribution in [0.4, 0.5) is 5.69 Å². The van der Waals surface area contributed by atoms with E-state index in [0.717, 1.165) is 33.9 Å². The van der Waals surface area contributed by atoms with Gasteiger partial charge in [-0.05, 0) is 37.1 Å². The molecule has 0 unspecified atom stereocenters. The van der Waals surface area contributed by atoms with Crippen LogP contribution >= 0.6 is 0 Å². The third-order valence-electron chi connectivity index (χ3n) is 4.01. The maximum Gasteiger partial charge on any atom is 0.143 e. The van der Waals surface area contributed by atoms with Crippen molar-refractivity contribution in [3.8, 4) is 17.1 Å². The first kappa shape index (κ1) is 12.3. The van der Waals surface area contributed by atoms with E-state index < -0.39 is 0 Å². The minimum atomic E-state index is 0.540. The van der Waals surface area contributed by atoms with E-state index in [9.17, 15) is 0 Å². The largest absolute Gasteiger partial charge is 0.497 e. The monoisotopic (exact) mass is 279 g/mol. The van der Waals surface area contributed by atoms with Crippen LogP contribution in [0.25, 0.3) is 22.4 Å². The molecule has 0 aliphatic heterocycles. The highest BCUT2D eigenvalue weighted by molar-refractivity contribution is 5.85. The molecule has 106 valence electrons. The van der Waals surface area contributed by atoms with Gasteiger partial charge in [-0.25, -0.2) is 4.98 Å². The summed E-state index contributed by atoms with van der Waals surface area (Å²) in [5.74, 6) is 1.79. The molecule has 1 fully saturated rings. The van der Waals surface area contributed by atoms with Crippen LogP contribution < -0.4 is 10.5 Å². The van der Waals surface area contributed by atoms with Gasteiger partial charge in [0.2, 0.25) is 0 Å². The minimum Gasteiger partial charge on any atom is -0.497 e. The third kappa shape index (κ3) is 1.95. The van der Waals surface area contributed by atoms with E-state index in [0.29, 0.717) is 6.04 Å². The van der Waals surface area contributed by atoms with Crippen LogP contribution in [-0.2, 0) is 0 Å². The van der Waals surface area contributed by atoms with Gasteiger partial charge in [-0.2, -0.15) is 0 Å². The van der Waals surface area contributed by atoms with Crippen LogP contribution in [0, 0.1) is 0 Å². The lowest BCUT2D eigenvalue weighted by Crippen LogP contribution is -1.99. The molecule has 0 amide bonds. The van der Waals surface area contributed by atoms with E-state index in [1.54, 1.807) is 7.11 Å². The van der Waals surface area contributed by atoms with E-state index in [1.807, 2.05) is 36.4 Å². The average Bonchev–Trinajstić information content (AvgIpc) is 3.27. The third-order valence-corrected chi connectivity index (χ3v) is 4.01. The molecule has 0 spiro atoms. The lowest BCUT2D eigenvalue weighted by molar-refractivity contribution is 0.415. The molecule has 1 saturated carbocycles. The Balaban J connectivity index is 1.99. The minimum absolute atomic E-state index is 0.540. The summed E-state index contributed by atoms with van der Waals surface area (Å²) in [6, 6.07) is 14.5. The van der Waals surface area contributed by atoms with E-state index in [4.69, 9.17) is 15.5 Å². The SMILES string of the molecule is COc1ccc2c(c1)nc(-c1ccccc1N)n2C1CC1. The summed E-state index contributed by atoms with van der Waals surface area (Å²) >= 11 is 0. The Kier molecular flexibility index (Phi) is 2.64. The number of anilines is 1. The number of fused-ring (bicyclic) bond motifs is 1. The number of ether oxygens (including phenoxy) is 1. The number of hydrogen-bond acceptors (Lipinski definition) is 3. The second-order valence-corrected chi connectivity index (χ2v) is 5.48. The van der Waals surface area contributed by atoms with Gasteiger partial charge in [0.05, 0.1) is 18.1 Å². The van der Waals surface area contributed by atoms with Gasteiger partial charge in [-0.3, -0.25) is 0 Å². The number of nitrogens with zero attached hydrogens (tertiary/aromatic N) is 2. The predicted molar refractivity (Wildman–Crippen MR) is 84.4 cm³/mol. The van der Waals surface area contributed by atoms with Crippen molar-refractivity contribution >= 4 is 16.7 Å². The summed E-state index contributed by atoms with van der Waals surface area (Å²) in [6.45, 7) is 0. The zero-order valence-corrected chi connectivity index (χ0v) is 11.9. The number of rotatable bonds is 3. The Bertz CT molecular complexity index is 818. The quantitative estimate of drug-likeness (QED) is 0.745. The number of benzene rings is 2. The summed E-state index contributed by atoms with van der Waals surface area (Å²) in [6.07, 6.45) is 2.41. The molecule has 0 saturated heterocycles. The fourth-order valence-electron chi connectivity index (χ4n) is 2.80. The Hall–Kier alpha value is -2.49. The van der Waals surface area contributed by atoms with Crippen molar-refractivity contribution in [2.75, 3.05) is 12.8 Å². The standard InChI is InChI=1S/C17H17N3O/c1-21-12-8-9-16-15(10-12)19-17(20(16)11-6-7-11)13-4-2-3-5-14(13)18/h2-5,8-11H,6-7,18H2,1H3. The highest BCUT2D eigenvalue weighted by Crippen LogP contribution is 2.42. The number of nitrogens with two attached hydrogens (primary N) is 1. The Morgan fingerprint density at radius 2 is 2.00 bits per heavy atom.